The van der Waals surface area contributed by atoms with Crippen LogP contribution < -0.4 is 10.5 Å². The molecule has 0 saturated carbocycles. The summed E-state index contributed by atoms with van der Waals surface area (Å²) in [6.07, 6.45) is 2.62. The van der Waals surface area contributed by atoms with E-state index in [0.29, 0.717) is 29.9 Å². The van der Waals surface area contributed by atoms with E-state index in [1.165, 1.54) is 11.1 Å². The van der Waals surface area contributed by atoms with Crippen LogP contribution in [0.4, 0.5) is 4.79 Å². The Kier molecular flexibility index (Phi) is 10.1. The monoisotopic (exact) mass is 531 g/mol. The first kappa shape index (κ1) is 27.5. The van der Waals surface area contributed by atoms with Gasteiger partial charge in [-0.05, 0) is 79.4 Å². The van der Waals surface area contributed by atoms with Crippen LogP contribution in [0.15, 0.2) is 78.9 Å². The Hall–Kier alpha value is -3.50. The highest BCUT2D eigenvalue weighted by molar-refractivity contribution is 6.30. The van der Waals surface area contributed by atoms with Gasteiger partial charge >= 0.3 is 6.03 Å². The third-order valence-electron chi connectivity index (χ3n) is 6.96. The number of rotatable bonds is 9. The van der Waals surface area contributed by atoms with Crippen LogP contribution in [0.2, 0.25) is 5.02 Å². The van der Waals surface area contributed by atoms with Crippen molar-refractivity contribution in [3.63, 3.8) is 0 Å². The van der Waals surface area contributed by atoms with Gasteiger partial charge in [0.05, 0.1) is 6.54 Å². The number of hydroxylamine groups is 2. The van der Waals surface area contributed by atoms with Gasteiger partial charge in [-0.1, -0.05) is 65.9 Å². The van der Waals surface area contributed by atoms with Crippen molar-refractivity contribution in [2.75, 3.05) is 32.8 Å². The maximum Gasteiger partial charge on any atom is 0.338 e. The van der Waals surface area contributed by atoms with E-state index in [0.717, 1.165) is 48.8 Å². The number of primary amides is 1. The van der Waals surface area contributed by atoms with E-state index < -0.39 is 6.03 Å². The number of nitrogens with two attached hydrogens (primary N) is 1. The van der Waals surface area contributed by atoms with E-state index in [1.54, 1.807) is 0 Å². The van der Waals surface area contributed by atoms with Crippen LogP contribution in [0, 0.1) is 17.8 Å². The molecule has 0 radical (unpaired) electrons. The minimum Gasteiger partial charge on any atom is -0.492 e. The van der Waals surface area contributed by atoms with Gasteiger partial charge in [0, 0.05) is 29.5 Å². The first-order chi connectivity index (χ1) is 18.5. The Labute approximate surface area is 229 Å². The minimum atomic E-state index is -0.882. The van der Waals surface area contributed by atoms with E-state index in [4.69, 9.17) is 22.1 Å². The van der Waals surface area contributed by atoms with E-state index in [-0.39, 0.29) is 6.54 Å². The van der Waals surface area contributed by atoms with E-state index in [2.05, 4.69) is 59.2 Å². The molecule has 1 atom stereocenters. The van der Waals surface area contributed by atoms with E-state index in [1.807, 2.05) is 36.4 Å². The smallest absolute Gasteiger partial charge is 0.338 e. The number of carbonyl (C=O) groups is 1. The van der Waals surface area contributed by atoms with E-state index in [9.17, 15) is 10.0 Å². The zero-order valence-electron chi connectivity index (χ0n) is 21.4. The molecule has 3 aromatic rings. The highest BCUT2D eigenvalue weighted by atomic mass is 35.5. The first-order valence-electron chi connectivity index (χ1n) is 13.0. The number of benzene rings is 3. The van der Waals surface area contributed by atoms with E-state index >= 15 is 0 Å². The molecule has 1 aliphatic heterocycles. The second-order valence-electron chi connectivity index (χ2n) is 9.50. The molecular weight excluding hydrogens is 498 g/mol. The molecule has 1 saturated heterocycles. The lowest BCUT2D eigenvalue weighted by Gasteiger charge is -2.36. The van der Waals surface area contributed by atoms with Crippen LogP contribution in [0.5, 0.6) is 5.75 Å². The molecule has 7 heteroatoms. The summed E-state index contributed by atoms with van der Waals surface area (Å²) in [6, 6.07) is 25.9. The van der Waals surface area contributed by atoms with Crippen molar-refractivity contribution in [3.05, 3.63) is 101 Å². The van der Waals surface area contributed by atoms with Crippen LogP contribution >= 0.6 is 11.6 Å². The highest BCUT2D eigenvalue weighted by Gasteiger charge is 2.28. The molecule has 1 fully saturated rings. The van der Waals surface area contributed by atoms with Crippen molar-refractivity contribution in [2.45, 2.75) is 25.2 Å². The molecule has 1 heterocycles. The number of piperidine rings is 1. The lowest BCUT2D eigenvalue weighted by Crippen LogP contribution is -2.38. The molecule has 198 valence electrons. The second kappa shape index (κ2) is 13.9. The topological polar surface area (TPSA) is 79.0 Å². The van der Waals surface area contributed by atoms with Gasteiger partial charge in [-0.2, -0.15) is 0 Å². The van der Waals surface area contributed by atoms with Gasteiger partial charge in [-0.15, -0.1) is 0 Å². The average Bonchev–Trinajstić information content (AvgIpc) is 2.94. The van der Waals surface area contributed by atoms with Gasteiger partial charge in [0.25, 0.3) is 0 Å². The summed E-state index contributed by atoms with van der Waals surface area (Å²) in [5.41, 5.74) is 8.51. The maximum atomic E-state index is 10.8. The number of hydrogen-bond donors (Lipinski definition) is 2. The SMILES string of the molecule is NC(=O)N(O)CCC#Cc1ccc(OCCN2CCC(C(c3ccccc3)c3ccc(Cl)cc3)CC2)cc1. The molecular formula is C31H34ClN3O3. The Morgan fingerprint density at radius 2 is 1.68 bits per heavy atom. The summed E-state index contributed by atoms with van der Waals surface area (Å²) in [5, 5.41) is 10.5. The van der Waals surface area contributed by atoms with Gasteiger partial charge in [0.1, 0.15) is 12.4 Å². The average molecular weight is 532 g/mol. The highest BCUT2D eigenvalue weighted by Crippen LogP contribution is 2.38. The van der Waals surface area contributed by atoms with Crippen LogP contribution in [0.25, 0.3) is 0 Å². The summed E-state index contributed by atoms with van der Waals surface area (Å²) in [7, 11) is 0. The lowest BCUT2D eigenvalue weighted by molar-refractivity contribution is -0.0372. The number of halogens is 1. The summed E-state index contributed by atoms with van der Waals surface area (Å²) < 4.78 is 5.98. The predicted molar refractivity (Wildman–Crippen MR) is 150 cm³/mol. The molecule has 3 aromatic carbocycles. The van der Waals surface area contributed by atoms with Crippen molar-refractivity contribution in [3.8, 4) is 17.6 Å². The zero-order chi connectivity index (χ0) is 26.7. The van der Waals surface area contributed by atoms with Crippen molar-refractivity contribution in [2.24, 2.45) is 11.7 Å². The summed E-state index contributed by atoms with van der Waals surface area (Å²) >= 11 is 6.17. The molecule has 4 rings (SSSR count). The molecule has 3 N–H and O–H groups in total. The quantitative estimate of drug-likeness (QED) is 0.208. The number of carbonyl (C=O) groups excluding carboxylic acids is 1. The summed E-state index contributed by atoms with van der Waals surface area (Å²) in [4.78, 5) is 13.3. The lowest BCUT2D eigenvalue weighted by atomic mass is 9.76. The molecule has 0 aliphatic carbocycles. The number of ether oxygens (including phenoxy) is 1. The minimum absolute atomic E-state index is 0.0782. The third-order valence-corrected chi connectivity index (χ3v) is 7.21. The van der Waals surface area contributed by atoms with Crippen LogP contribution in [0.1, 0.15) is 41.9 Å². The second-order valence-corrected chi connectivity index (χ2v) is 9.94. The van der Waals surface area contributed by atoms with Crippen molar-refractivity contribution in [1.29, 1.82) is 0 Å². The maximum absolute atomic E-state index is 10.8. The molecule has 0 aromatic heterocycles. The summed E-state index contributed by atoms with van der Waals surface area (Å²) in [6.45, 7) is 3.72. The molecule has 1 aliphatic rings. The zero-order valence-corrected chi connectivity index (χ0v) is 22.2. The number of hydrogen-bond acceptors (Lipinski definition) is 4. The van der Waals surface area contributed by atoms with Gasteiger partial charge in [0.15, 0.2) is 0 Å². The fraction of sp³-hybridized carbons (Fsp3) is 0.323. The number of amides is 2. The number of likely N-dealkylation sites (tertiary alicyclic amines) is 1. The summed E-state index contributed by atoms with van der Waals surface area (Å²) in [5.74, 6) is 7.69. The van der Waals surface area contributed by atoms with Crippen molar-refractivity contribution < 1.29 is 14.7 Å². The van der Waals surface area contributed by atoms with Gasteiger partial charge in [-0.25, -0.2) is 9.86 Å². The molecule has 38 heavy (non-hydrogen) atoms. The standard InChI is InChI=1S/C31H34ClN3O3/c32-28-13-11-26(12-14-28)30(25-7-2-1-3-8-25)27-17-20-34(21-18-27)22-23-38-29-15-9-24(10-16-29)6-4-5-19-35(37)31(33)36/h1-3,7-16,27,30,37H,5,17-23H2,(H2,33,36). The van der Waals surface area contributed by atoms with Crippen molar-refractivity contribution >= 4 is 17.6 Å². The Bertz CT molecular complexity index is 1220. The third kappa shape index (κ3) is 8.00. The van der Waals surface area contributed by atoms with Gasteiger partial charge < -0.3 is 10.5 Å². The Morgan fingerprint density at radius 3 is 2.34 bits per heavy atom. The first-order valence-corrected chi connectivity index (χ1v) is 13.4. The Morgan fingerprint density at radius 1 is 1.03 bits per heavy atom. The van der Waals surface area contributed by atoms with Crippen LogP contribution in [-0.2, 0) is 0 Å². The van der Waals surface area contributed by atoms with Crippen LogP contribution in [-0.4, -0.2) is 54.0 Å². The van der Waals surface area contributed by atoms with Gasteiger partial charge in [0.2, 0.25) is 0 Å². The molecule has 1 unspecified atom stereocenters. The predicted octanol–water partition coefficient (Wildman–Crippen LogP) is 5.77. The largest absolute Gasteiger partial charge is 0.492 e. The molecule has 6 nitrogen and oxygen atoms in total. The molecule has 0 spiro atoms. The molecule has 0 bridgehead atoms. The van der Waals surface area contributed by atoms with Crippen LogP contribution in [0.3, 0.4) is 0 Å². The number of urea groups is 1. The molecule has 2 amide bonds. The Balaban J connectivity index is 1.23. The fourth-order valence-electron chi connectivity index (χ4n) is 4.94. The fourth-order valence-corrected chi connectivity index (χ4v) is 5.07. The van der Waals surface area contributed by atoms with Gasteiger partial charge in [-0.3, -0.25) is 10.1 Å². The van der Waals surface area contributed by atoms with Crippen molar-refractivity contribution in [1.82, 2.24) is 9.96 Å². The normalized spacial score (nSPS) is 14.8. The number of nitrogens with zero attached hydrogens (tertiary/aromatic N) is 2.